The molecule has 0 bridgehead atoms. The van der Waals surface area contributed by atoms with Crippen molar-refractivity contribution in [1.29, 1.82) is 0 Å². The first kappa shape index (κ1) is 12.6. The number of aryl methyl sites for hydroxylation is 2. The minimum atomic E-state index is -0.221. The number of Topliss-reactive ketones (excluding diaryl/α,β-unsaturated/α-hetero) is 1. The van der Waals surface area contributed by atoms with Crippen molar-refractivity contribution in [2.75, 3.05) is 0 Å². The fourth-order valence-corrected chi connectivity index (χ4v) is 1.66. The molecule has 0 aliphatic heterocycles. The van der Waals surface area contributed by atoms with Crippen LogP contribution in [0.4, 0.5) is 0 Å². The third kappa shape index (κ3) is 3.29. The van der Waals surface area contributed by atoms with Gasteiger partial charge < -0.3 is 0 Å². The monoisotopic (exact) mass is 222 g/mol. The van der Waals surface area contributed by atoms with E-state index in [9.17, 15) is 9.59 Å². The zero-order chi connectivity index (χ0) is 12.1. The van der Waals surface area contributed by atoms with Crippen LogP contribution in [0.25, 0.3) is 0 Å². The Bertz CT molecular complexity index is 435. The van der Waals surface area contributed by atoms with Gasteiger partial charge in [0, 0.05) is 30.8 Å². The average Bonchev–Trinajstić information content (AvgIpc) is 2.21. The molecule has 0 radical (unpaired) electrons. The Labute approximate surface area is 95.3 Å². The maximum Gasteiger partial charge on any atom is 0.347 e. The highest BCUT2D eigenvalue weighted by atomic mass is 16.1. The van der Waals surface area contributed by atoms with Crippen LogP contribution in [-0.2, 0) is 11.3 Å². The largest absolute Gasteiger partial charge is 0.347 e. The van der Waals surface area contributed by atoms with Gasteiger partial charge in [0.2, 0.25) is 0 Å². The van der Waals surface area contributed by atoms with Crippen molar-refractivity contribution in [2.24, 2.45) is 0 Å². The summed E-state index contributed by atoms with van der Waals surface area (Å²) in [6, 6.07) is 1.88. The van der Waals surface area contributed by atoms with Crippen molar-refractivity contribution in [3.05, 3.63) is 27.9 Å². The van der Waals surface area contributed by atoms with E-state index in [0.717, 1.165) is 11.4 Å². The molecule has 0 saturated heterocycles. The van der Waals surface area contributed by atoms with Gasteiger partial charge in [-0.05, 0) is 26.3 Å². The highest BCUT2D eigenvalue weighted by Crippen LogP contribution is 2.01. The van der Waals surface area contributed by atoms with Gasteiger partial charge in [0.25, 0.3) is 0 Å². The van der Waals surface area contributed by atoms with Crippen LogP contribution in [-0.4, -0.2) is 15.3 Å². The fraction of sp³-hybridized carbons (Fsp3) is 0.583. The van der Waals surface area contributed by atoms with Gasteiger partial charge in [0.15, 0.2) is 0 Å². The smallest absolute Gasteiger partial charge is 0.300 e. The van der Waals surface area contributed by atoms with Crippen LogP contribution in [0.2, 0.25) is 0 Å². The van der Waals surface area contributed by atoms with E-state index in [1.807, 2.05) is 19.9 Å². The standard InChI is InChI=1S/C12H18N2O2/c1-4-11(15)6-5-7-14-10(3)8-9(2)13-12(14)16/h8H,4-7H2,1-3H3. The summed E-state index contributed by atoms with van der Waals surface area (Å²) in [6.45, 7) is 6.12. The molecule has 0 unspecified atom stereocenters. The predicted octanol–water partition coefficient (Wildman–Crippen LogP) is 1.62. The molecule has 0 amide bonds. The lowest BCUT2D eigenvalue weighted by Crippen LogP contribution is -2.25. The Kier molecular flexibility index (Phi) is 4.40. The highest BCUT2D eigenvalue weighted by Gasteiger charge is 2.04. The number of rotatable bonds is 5. The van der Waals surface area contributed by atoms with Gasteiger partial charge in [-0.1, -0.05) is 6.92 Å². The molecular formula is C12H18N2O2. The molecule has 1 aromatic rings. The Morgan fingerprint density at radius 2 is 2.12 bits per heavy atom. The van der Waals surface area contributed by atoms with E-state index in [-0.39, 0.29) is 11.5 Å². The molecular weight excluding hydrogens is 204 g/mol. The summed E-state index contributed by atoms with van der Waals surface area (Å²) in [6.07, 6.45) is 1.81. The molecule has 16 heavy (non-hydrogen) atoms. The molecule has 0 aliphatic rings. The lowest BCUT2D eigenvalue weighted by Gasteiger charge is -2.08. The second-order valence-electron chi connectivity index (χ2n) is 3.97. The number of aromatic nitrogens is 2. The summed E-state index contributed by atoms with van der Waals surface area (Å²) >= 11 is 0. The van der Waals surface area contributed by atoms with Crippen molar-refractivity contribution in [3.8, 4) is 0 Å². The summed E-state index contributed by atoms with van der Waals surface area (Å²) in [7, 11) is 0. The van der Waals surface area contributed by atoms with E-state index in [2.05, 4.69) is 4.98 Å². The number of carbonyl (C=O) groups is 1. The molecule has 0 saturated carbocycles. The maximum atomic E-state index is 11.6. The zero-order valence-corrected chi connectivity index (χ0v) is 10.1. The predicted molar refractivity (Wildman–Crippen MR) is 62.5 cm³/mol. The molecule has 4 nitrogen and oxygen atoms in total. The molecule has 0 spiro atoms. The number of hydrogen-bond acceptors (Lipinski definition) is 3. The molecule has 0 fully saturated rings. The van der Waals surface area contributed by atoms with E-state index in [0.29, 0.717) is 25.8 Å². The molecule has 4 heteroatoms. The van der Waals surface area contributed by atoms with Gasteiger partial charge in [0.05, 0.1) is 0 Å². The summed E-state index contributed by atoms with van der Waals surface area (Å²) in [5.74, 6) is 0.241. The number of nitrogens with zero attached hydrogens (tertiary/aromatic N) is 2. The quantitative estimate of drug-likeness (QED) is 0.760. The normalized spacial score (nSPS) is 10.4. The van der Waals surface area contributed by atoms with E-state index in [4.69, 9.17) is 0 Å². The number of hydrogen-bond donors (Lipinski definition) is 0. The summed E-state index contributed by atoms with van der Waals surface area (Å²) in [4.78, 5) is 26.6. The fourth-order valence-electron chi connectivity index (χ4n) is 1.66. The molecule has 1 rings (SSSR count). The van der Waals surface area contributed by atoms with Gasteiger partial charge >= 0.3 is 5.69 Å². The van der Waals surface area contributed by atoms with E-state index in [1.54, 1.807) is 11.5 Å². The molecule has 1 aromatic heterocycles. The van der Waals surface area contributed by atoms with Crippen molar-refractivity contribution in [3.63, 3.8) is 0 Å². The second kappa shape index (κ2) is 5.58. The van der Waals surface area contributed by atoms with Gasteiger partial charge in [0.1, 0.15) is 5.78 Å². The molecule has 88 valence electrons. The minimum absolute atomic E-state index is 0.221. The van der Waals surface area contributed by atoms with E-state index in [1.165, 1.54) is 0 Å². The molecule has 0 atom stereocenters. The van der Waals surface area contributed by atoms with E-state index >= 15 is 0 Å². The lowest BCUT2D eigenvalue weighted by atomic mass is 10.2. The highest BCUT2D eigenvalue weighted by molar-refractivity contribution is 5.77. The van der Waals surface area contributed by atoms with Crippen LogP contribution in [0.1, 0.15) is 37.6 Å². The zero-order valence-electron chi connectivity index (χ0n) is 10.1. The SMILES string of the molecule is CCC(=O)CCCn1c(C)cc(C)nc1=O. The van der Waals surface area contributed by atoms with Crippen LogP contribution in [0.5, 0.6) is 0 Å². The van der Waals surface area contributed by atoms with Gasteiger partial charge in [-0.25, -0.2) is 4.79 Å². The van der Waals surface area contributed by atoms with Crippen molar-refractivity contribution >= 4 is 5.78 Å². The minimum Gasteiger partial charge on any atom is -0.300 e. The Morgan fingerprint density at radius 3 is 2.69 bits per heavy atom. The number of carbonyl (C=O) groups excluding carboxylic acids is 1. The maximum absolute atomic E-state index is 11.6. The molecule has 0 N–H and O–H groups in total. The molecule has 1 heterocycles. The van der Waals surface area contributed by atoms with Crippen LogP contribution >= 0.6 is 0 Å². The third-order valence-electron chi connectivity index (χ3n) is 2.58. The van der Waals surface area contributed by atoms with Gasteiger partial charge in [-0.3, -0.25) is 9.36 Å². The number of ketones is 1. The van der Waals surface area contributed by atoms with E-state index < -0.39 is 0 Å². The summed E-state index contributed by atoms with van der Waals surface area (Å²) < 4.78 is 1.62. The lowest BCUT2D eigenvalue weighted by molar-refractivity contribution is -0.118. The Morgan fingerprint density at radius 1 is 1.44 bits per heavy atom. The Hall–Kier alpha value is -1.45. The van der Waals surface area contributed by atoms with Crippen molar-refractivity contribution in [1.82, 2.24) is 9.55 Å². The average molecular weight is 222 g/mol. The van der Waals surface area contributed by atoms with Gasteiger partial charge in [-0.2, -0.15) is 4.98 Å². The topological polar surface area (TPSA) is 52.0 Å². The van der Waals surface area contributed by atoms with Gasteiger partial charge in [-0.15, -0.1) is 0 Å². The summed E-state index contributed by atoms with van der Waals surface area (Å²) in [5.41, 5.74) is 1.42. The first-order chi connectivity index (χ1) is 7.54. The van der Waals surface area contributed by atoms with Crippen molar-refractivity contribution < 1.29 is 4.79 Å². The van der Waals surface area contributed by atoms with Crippen LogP contribution in [0, 0.1) is 13.8 Å². The van der Waals surface area contributed by atoms with Crippen LogP contribution < -0.4 is 5.69 Å². The van der Waals surface area contributed by atoms with Crippen molar-refractivity contribution in [2.45, 2.75) is 46.6 Å². The molecule has 0 aliphatic carbocycles. The van der Waals surface area contributed by atoms with Crippen LogP contribution in [0.15, 0.2) is 10.9 Å². The molecule has 0 aromatic carbocycles. The van der Waals surface area contributed by atoms with Crippen LogP contribution in [0.3, 0.4) is 0 Å². The second-order valence-corrected chi connectivity index (χ2v) is 3.97. The third-order valence-corrected chi connectivity index (χ3v) is 2.58. The summed E-state index contributed by atoms with van der Waals surface area (Å²) in [5, 5.41) is 0. The Balaban J connectivity index is 2.68. The first-order valence-corrected chi connectivity index (χ1v) is 5.61. The first-order valence-electron chi connectivity index (χ1n) is 5.61.